The van der Waals surface area contributed by atoms with Gasteiger partial charge in [0.15, 0.2) is 0 Å². The lowest BCUT2D eigenvalue weighted by Crippen LogP contribution is -2.52. The summed E-state index contributed by atoms with van der Waals surface area (Å²) in [6.45, 7) is 2.60. The second kappa shape index (κ2) is 12.0. The number of hydrogen-bond donors (Lipinski definition) is 3. The summed E-state index contributed by atoms with van der Waals surface area (Å²) in [7, 11) is 0. The predicted octanol–water partition coefficient (Wildman–Crippen LogP) is 5.64. The fourth-order valence-electron chi connectivity index (χ4n) is 6.47. The molecule has 0 radical (unpaired) electrons. The standard InChI is InChI=1S/C32H44N2O3/c1-2-23-13-15-30-26(19-23)28(21-32(37-30)17-8-18-32)33-22-29(35)27(20-25-11-4-3-5-12-25)34-31(36)16-14-24-9-6-7-10-24/h3-5,11-13,15,19,24,27-29,33,35H,2,6-10,14,16-18,20-22H2,1H3,(H,34,36)/t27-,28-,29+/m0/s1. The van der Waals surface area contributed by atoms with Crippen LogP contribution in [0.1, 0.15) is 93.9 Å². The normalized spacial score (nSPS) is 22.1. The van der Waals surface area contributed by atoms with E-state index in [0.717, 1.165) is 43.4 Å². The molecule has 3 aliphatic rings. The molecular formula is C32H44N2O3. The predicted molar refractivity (Wildman–Crippen MR) is 148 cm³/mol. The van der Waals surface area contributed by atoms with Gasteiger partial charge in [-0.3, -0.25) is 4.79 Å². The molecule has 0 unspecified atom stereocenters. The number of aliphatic hydroxyl groups excluding tert-OH is 1. The number of carbonyl (C=O) groups excluding carboxylic acids is 1. The molecule has 1 spiro atoms. The van der Waals surface area contributed by atoms with Crippen LogP contribution in [-0.4, -0.2) is 35.3 Å². The third-order valence-electron chi connectivity index (χ3n) is 8.96. The molecule has 5 nitrogen and oxygen atoms in total. The fraction of sp³-hybridized carbons (Fsp3) is 0.594. The van der Waals surface area contributed by atoms with Crippen molar-refractivity contribution < 1.29 is 14.6 Å². The minimum absolute atomic E-state index is 0.0595. The fourth-order valence-corrected chi connectivity index (χ4v) is 6.47. The summed E-state index contributed by atoms with van der Waals surface area (Å²) in [5.74, 6) is 1.73. The van der Waals surface area contributed by atoms with Crippen molar-refractivity contribution in [3.63, 3.8) is 0 Å². The number of aryl methyl sites for hydroxylation is 1. The minimum Gasteiger partial charge on any atom is -0.487 e. The van der Waals surface area contributed by atoms with E-state index in [-0.39, 0.29) is 23.6 Å². The molecule has 2 aromatic carbocycles. The summed E-state index contributed by atoms with van der Waals surface area (Å²) >= 11 is 0. The number of nitrogens with one attached hydrogen (secondary N) is 2. The van der Waals surface area contributed by atoms with Crippen molar-refractivity contribution in [2.75, 3.05) is 6.54 Å². The van der Waals surface area contributed by atoms with Crippen LogP contribution in [0, 0.1) is 5.92 Å². The van der Waals surface area contributed by atoms with Crippen LogP contribution in [0.15, 0.2) is 48.5 Å². The van der Waals surface area contributed by atoms with E-state index in [1.165, 1.54) is 43.2 Å². The molecule has 5 rings (SSSR count). The maximum atomic E-state index is 12.9. The van der Waals surface area contributed by atoms with Crippen molar-refractivity contribution in [2.24, 2.45) is 5.92 Å². The number of benzene rings is 2. The summed E-state index contributed by atoms with van der Waals surface area (Å²) < 4.78 is 6.48. The molecule has 0 aromatic heterocycles. The number of aliphatic hydroxyl groups is 1. The van der Waals surface area contributed by atoms with E-state index in [1.807, 2.05) is 18.2 Å². The second-order valence-electron chi connectivity index (χ2n) is 11.6. The van der Waals surface area contributed by atoms with E-state index >= 15 is 0 Å². The van der Waals surface area contributed by atoms with Crippen LogP contribution in [0.25, 0.3) is 0 Å². The summed E-state index contributed by atoms with van der Waals surface area (Å²) in [5, 5.41) is 18.3. The first-order chi connectivity index (χ1) is 18.0. The molecule has 200 valence electrons. The quantitative estimate of drug-likeness (QED) is 0.370. The zero-order valence-electron chi connectivity index (χ0n) is 22.4. The molecule has 2 saturated carbocycles. The van der Waals surface area contributed by atoms with E-state index in [0.29, 0.717) is 25.3 Å². The number of hydrogen-bond acceptors (Lipinski definition) is 4. The molecule has 37 heavy (non-hydrogen) atoms. The van der Waals surface area contributed by atoms with E-state index < -0.39 is 6.10 Å². The lowest BCUT2D eigenvalue weighted by molar-refractivity contribution is -0.123. The number of fused-ring (bicyclic) bond motifs is 1. The Balaban J connectivity index is 1.25. The summed E-state index contributed by atoms with van der Waals surface area (Å²) in [6.07, 6.45) is 11.8. The van der Waals surface area contributed by atoms with Gasteiger partial charge in [0.1, 0.15) is 11.4 Å². The van der Waals surface area contributed by atoms with Gasteiger partial charge in [0.2, 0.25) is 5.91 Å². The minimum atomic E-state index is -0.686. The first-order valence-electron chi connectivity index (χ1n) is 14.6. The van der Waals surface area contributed by atoms with E-state index in [4.69, 9.17) is 4.74 Å². The van der Waals surface area contributed by atoms with E-state index in [1.54, 1.807) is 0 Å². The highest BCUT2D eigenvalue weighted by molar-refractivity contribution is 5.76. The lowest BCUT2D eigenvalue weighted by atomic mass is 9.72. The number of carbonyl (C=O) groups is 1. The van der Waals surface area contributed by atoms with Crippen LogP contribution in [0.2, 0.25) is 0 Å². The molecule has 3 N–H and O–H groups in total. The van der Waals surface area contributed by atoms with Crippen LogP contribution >= 0.6 is 0 Å². The smallest absolute Gasteiger partial charge is 0.220 e. The molecule has 0 bridgehead atoms. The van der Waals surface area contributed by atoms with Gasteiger partial charge in [-0.1, -0.05) is 75.1 Å². The first-order valence-corrected chi connectivity index (χ1v) is 14.6. The van der Waals surface area contributed by atoms with Gasteiger partial charge in [0.05, 0.1) is 12.1 Å². The van der Waals surface area contributed by atoms with Gasteiger partial charge in [-0.15, -0.1) is 0 Å². The first kappa shape index (κ1) is 26.2. The van der Waals surface area contributed by atoms with Crippen molar-refractivity contribution in [1.29, 1.82) is 0 Å². The van der Waals surface area contributed by atoms with E-state index in [2.05, 4.69) is 47.9 Å². The molecule has 1 aliphatic heterocycles. The average Bonchev–Trinajstić information content (AvgIpc) is 3.43. The van der Waals surface area contributed by atoms with Crippen molar-refractivity contribution >= 4 is 5.91 Å². The average molecular weight is 505 g/mol. The molecule has 0 saturated heterocycles. The van der Waals surface area contributed by atoms with Crippen molar-refractivity contribution in [2.45, 2.75) is 108 Å². The van der Waals surface area contributed by atoms with Gasteiger partial charge in [-0.25, -0.2) is 0 Å². The third kappa shape index (κ3) is 6.56. The molecule has 2 aromatic rings. The Morgan fingerprint density at radius 3 is 2.57 bits per heavy atom. The van der Waals surface area contributed by atoms with Crippen LogP contribution in [-0.2, 0) is 17.6 Å². The van der Waals surface area contributed by atoms with Crippen LogP contribution in [0.4, 0.5) is 0 Å². The van der Waals surface area contributed by atoms with Crippen LogP contribution in [0.3, 0.4) is 0 Å². The molecule has 1 amide bonds. The largest absolute Gasteiger partial charge is 0.487 e. The second-order valence-corrected chi connectivity index (χ2v) is 11.6. The van der Waals surface area contributed by atoms with Gasteiger partial charge in [-0.2, -0.15) is 0 Å². The van der Waals surface area contributed by atoms with Crippen LogP contribution < -0.4 is 15.4 Å². The zero-order valence-corrected chi connectivity index (χ0v) is 22.4. The Hall–Kier alpha value is -2.37. The van der Waals surface area contributed by atoms with E-state index in [9.17, 15) is 9.90 Å². The monoisotopic (exact) mass is 504 g/mol. The highest BCUT2D eigenvalue weighted by Gasteiger charge is 2.45. The molecule has 3 atom stereocenters. The molecule has 5 heteroatoms. The SMILES string of the molecule is CCc1ccc2c(c1)[C@@H](NC[C@@H](O)[C@H](Cc1ccccc1)NC(=O)CCC1CCCC1)CC1(CCC1)O2. The van der Waals surface area contributed by atoms with Gasteiger partial charge < -0.3 is 20.5 Å². The Morgan fingerprint density at radius 1 is 1.08 bits per heavy atom. The topological polar surface area (TPSA) is 70.6 Å². The van der Waals surface area contributed by atoms with Gasteiger partial charge in [0.25, 0.3) is 0 Å². The maximum absolute atomic E-state index is 12.9. The Bertz CT molecular complexity index is 1030. The summed E-state index contributed by atoms with van der Waals surface area (Å²) in [4.78, 5) is 12.9. The maximum Gasteiger partial charge on any atom is 0.220 e. The molecular weight excluding hydrogens is 460 g/mol. The number of rotatable bonds is 11. The van der Waals surface area contributed by atoms with Gasteiger partial charge in [0, 0.05) is 31.0 Å². The van der Waals surface area contributed by atoms with Crippen molar-refractivity contribution in [3.8, 4) is 5.75 Å². The van der Waals surface area contributed by atoms with Gasteiger partial charge in [-0.05, 0) is 61.6 Å². The Kier molecular flexibility index (Phi) is 8.51. The number of amides is 1. The van der Waals surface area contributed by atoms with Gasteiger partial charge >= 0.3 is 0 Å². The summed E-state index contributed by atoms with van der Waals surface area (Å²) in [6, 6.07) is 16.5. The highest BCUT2D eigenvalue weighted by Crippen LogP contribution is 2.49. The van der Waals surface area contributed by atoms with Crippen molar-refractivity contribution in [3.05, 3.63) is 65.2 Å². The van der Waals surface area contributed by atoms with Crippen LogP contribution in [0.5, 0.6) is 5.75 Å². The van der Waals surface area contributed by atoms with Crippen molar-refractivity contribution in [1.82, 2.24) is 10.6 Å². The summed E-state index contributed by atoms with van der Waals surface area (Å²) in [5.41, 5.74) is 3.56. The molecule has 2 fully saturated rings. The third-order valence-corrected chi connectivity index (χ3v) is 8.96. The highest BCUT2D eigenvalue weighted by atomic mass is 16.5. The Morgan fingerprint density at radius 2 is 1.86 bits per heavy atom. The molecule has 1 heterocycles. The zero-order chi connectivity index (χ0) is 25.7. The Labute approximate surface area is 222 Å². The number of ether oxygens (including phenoxy) is 1. The lowest BCUT2D eigenvalue weighted by Gasteiger charge is -2.48. The molecule has 2 aliphatic carbocycles.